The Bertz CT molecular complexity index is 934. The van der Waals surface area contributed by atoms with Crippen molar-refractivity contribution < 1.29 is 4.42 Å². The molecule has 0 aliphatic heterocycles. The van der Waals surface area contributed by atoms with Crippen molar-refractivity contribution in [1.29, 1.82) is 0 Å². The topological polar surface area (TPSA) is 55.9 Å². The lowest BCUT2D eigenvalue weighted by Crippen LogP contribution is -2.05. The number of aryl methyl sites for hydroxylation is 2. The molecule has 5 heteroatoms. The van der Waals surface area contributed by atoms with Gasteiger partial charge in [0, 0.05) is 7.05 Å². The lowest BCUT2D eigenvalue weighted by Gasteiger charge is -2.02. The zero-order chi connectivity index (χ0) is 15.1. The van der Waals surface area contributed by atoms with Gasteiger partial charge in [-0.2, -0.15) is 4.98 Å². The van der Waals surface area contributed by atoms with E-state index in [1.165, 1.54) is 5.56 Å². The van der Waals surface area contributed by atoms with E-state index < -0.39 is 0 Å². The summed E-state index contributed by atoms with van der Waals surface area (Å²) in [6, 6.07) is 14.5. The second-order valence-electron chi connectivity index (χ2n) is 5.42. The number of hydrogen-bond donors (Lipinski definition) is 1. The lowest BCUT2D eigenvalue weighted by molar-refractivity contribution is 0.611. The third-order valence-electron chi connectivity index (χ3n) is 3.82. The van der Waals surface area contributed by atoms with Gasteiger partial charge in [-0.25, -0.2) is 4.98 Å². The minimum atomic E-state index is 0.518. The molecule has 0 saturated heterocycles. The number of rotatable bonds is 3. The van der Waals surface area contributed by atoms with Crippen LogP contribution in [-0.4, -0.2) is 14.5 Å². The maximum Gasteiger partial charge on any atom is 0.296 e. The van der Waals surface area contributed by atoms with Gasteiger partial charge < -0.3 is 14.3 Å². The van der Waals surface area contributed by atoms with Crippen molar-refractivity contribution in [2.24, 2.45) is 7.05 Å². The first-order chi connectivity index (χ1) is 10.7. The van der Waals surface area contributed by atoms with Crippen molar-refractivity contribution in [2.45, 2.75) is 13.5 Å². The molecule has 2 aromatic carbocycles. The smallest absolute Gasteiger partial charge is 0.296 e. The predicted molar refractivity (Wildman–Crippen MR) is 86.8 cm³/mol. The third-order valence-corrected chi connectivity index (χ3v) is 3.82. The van der Waals surface area contributed by atoms with Crippen LogP contribution in [0.3, 0.4) is 0 Å². The van der Waals surface area contributed by atoms with Gasteiger partial charge in [-0.1, -0.05) is 18.2 Å². The molecule has 4 rings (SSSR count). The van der Waals surface area contributed by atoms with Crippen molar-refractivity contribution in [3.8, 4) is 0 Å². The first kappa shape index (κ1) is 12.9. The van der Waals surface area contributed by atoms with Crippen molar-refractivity contribution in [2.75, 3.05) is 5.32 Å². The summed E-state index contributed by atoms with van der Waals surface area (Å²) < 4.78 is 7.75. The molecule has 2 heterocycles. The highest BCUT2D eigenvalue weighted by Crippen LogP contribution is 2.20. The number of benzene rings is 2. The molecule has 4 aromatic rings. The number of oxazole rings is 1. The van der Waals surface area contributed by atoms with Crippen LogP contribution in [0.1, 0.15) is 11.4 Å². The van der Waals surface area contributed by atoms with E-state index in [-0.39, 0.29) is 0 Å². The van der Waals surface area contributed by atoms with Gasteiger partial charge in [-0.3, -0.25) is 0 Å². The van der Waals surface area contributed by atoms with Gasteiger partial charge >= 0.3 is 0 Å². The third kappa shape index (κ3) is 2.11. The molecule has 0 radical (unpaired) electrons. The molecule has 22 heavy (non-hydrogen) atoms. The molecule has 0 aliphatic rings. The van der Waals surface area contributed by atoms with E-state index in [0.717, 1.165) is 28.0 Å². The first-order valence-electron chi connectivity index (χ1n) is 7.22. The van der Waals surface area contributed by atoms with Crippen LogP contribution in [0.2, 0.25) is 0 Å². The molecule has 1 N–H and O–H groups in total. The maximum absolute atomic E-state index is 5.66. The highest BCUT2D eigenvalue weighted by molar-refractivity contribution is 5.77. The molecule has 0 saturated carbocycles. The fourth-order valence-corrected chi connectivity index (χ4v) is 2.62. The summed E-state index contributed by atoms with van der Waals surface area (Å²) in [6.45, 7) is 2.64. The number of nitrogens with one attached hydrogen (secondary N) is 1. The fraction of sp³-hybridized carbons (Fsp3) is 0.176. The Hall–Kier alpha value is -2.82. The molecule has 0 unspecified atom stereocenters. The molecule has 0 spiro atoms. The molecule has 0 atom stereocenters. The molecule has 0 fully saturated rings. The Morgan fingerprint density at radius 2 is 1.95 bits per heavy atom. The Labute approximate surface area is 127 Å². The number of imidazole rings is 1. The fourth-order valence-electron chi connectivity index (χ4n) is 2.62. The van der Waals surface area contributed by atoms with Crippen LogP contribution in [0.15, 0.2) is 46.9 Å². The zero-order valence-electron chi connectivity index (χ0n) is 12.5. The van der Waals surface area contributed by atoms with E-state index in [2.05, 4.69) is 45.0 Å². The Balaban J connectivity index is 1.62. The second-order valence-corrected chi connectivity index (χ2v) is 5.42. The summed E-state index contributed by atoms with van der Waals surface area (Å²) in [7, 11) is 2.02. The van der Waals surface area contributed by atoms with Crippen LogP contribution in [0, 0.1) is 6.92 Å². The predicted octanol–water partition coefficient (Wildman–Crippen LogP) is 3.64. The summed E-state index contributed by atoms with van der Waals surface area (Å²) in [6.07, 6.45) is 0. The molecule has 110 valence electrons. The number of aromatic nitrogens is 3. The van der Waals surface area contributed by atoms with Crippen molar-refractivity contribution in [3.05, 3.63) is 53.9 Å². The van der Waals surface area contributed by atoms with E-state index in [9.17, 15) is 0 Å². The van der Waals surface area contributed by atoms with Gasteiger partial charge in [0.15, 0.2) is 5.58 Å². The Morgan fingerprint density at radius 3 is 2.82 bits per heavy atom. The molecular weight excluding hydrogens is 276 g/mol. The van der Waals surface area contributed by atoms with Crippen molar-refractivity contribution in [1.82, 2.24) is 14.5 Å². The number of fused-ring (bicyclic) bond motifs is 2. The van der Waals surface area contributed by atoms with Crippen LogP contribution in [0.5, 0.6) is 0 Å². The van der Waals surface area contributed by atoms with Crippen molar-refractivity contribution >= 4 is 28.1 Å². The summed E-state index contributed by atoms with van der Waals surface area (Å²) >= 11 is 0. The number of nitrogens with zero attached hydrogens (tertiary/aromatic N) is 3. The lowest BCUT2D eigenvalue weighted by atomic mass is 10.2. The van der Waals surface area contributed by atoms with Gasteiger partial charge in [0.1, 0.15) is 11.3 Å². The average Bonchev–Trinajstić information content (AvgIpc) is 3.06. The summed E-state index contributed by atoms with van der Waals surface area (Å²) in [5.41, 5.74) is 4.98. The van der Waals surface area contributed by atoms with Gasteiger partial charge in [-0.05, 0) is 36.8 Å². The van der Waals surface area contributed by atoms with Crippen molar-refractivity contribution in [3.63, 3.8) is 0 Å². The maximum atomic E-state index is 5.66. The van der Waals surface area contributed by atoms with Crippen LogP contribution in [-0.2, 0) is 13.6 Å². The van der Waals surface area contributed by atoms with E-state index in [4.69, 9.17) is 4.42 Å². The van der Waals surface area contributed by atoms with E-state index in [0.29, 0.717) is 12.6 Å². The summed E-state index contributed by atoms with van der Waals surface area (Å²) in [5.74, 6) is 0.947. The Kier molecular flexibility index (Phi) is 2.85. The molecule has 0 amide bonds. The summed E-state index contributed by atoms with van der Waals surface area (Å²) in [4.78, 5) is 9.08. The standard InChI is InChI=1S/C17H16N4O/c1-11-7-8-14-13(9-11)19-16(21(14)2)10-18-17-20-12-5-3-4-6-15(12)22-17/h3-9H,10H2,1-2H3,(H,18,20). The average molecular weight is 292 g/mol. The van der Waals surface area contributed by atoms with Crippen LogP contribution >= 0.6 is 0 Å². The SMILES string of the molecule is Cc1ccc2c(c1)nc(CNc1nc3ccccc3o1)n2C. The normalized spacial score (nSPS) is 11.4. The van der Waals surface area contributed by atoms with E-state index in [1.54, 1.807) is 0 Å². The highest BCUT2D eigenvalue weighted by Gasteiger charge is 2.09. The molecule has 0 bridgehead atoms. The second kappa shape index (κ2) is 4.87. The van der Waals surface area contributed by atoms with E-state index in [1.807, 2.05) is 31.3 Å². The monoisotopic (exact) mass is 292 g/mol. The molecule has 5 nitrogen and oxygen atoms in total. The van der Waals surface area contributed by atoms with E-state index >= 15 is 0 Å². The van der Waals surface area contributed by atoms with Gasteiger partial charge in [0.25, 0.3) is 6.01 Å². The summed E-state index contributed by atoms with van der Waals surface area (Å²) in [5, 5.41) is 3.21. The van der Waals surface area contributed by atoms with Crippen LogP contribution in [0.4, 0.5) is 6.01 Å². The zero-order valence-corrected chi connectivity index (χ0v) is 12.5. The van der Waals surface area contributed by atoms with Crippen LogP contribution < -0.4 is 5.32 Å². The van der Waals surface area contributed by atoms with Gasteiger partial charge in [-0.15, -0.1) is 0 Å². The first-order valence-corrected chi connectivity index (χ1v) is 7.22. The Morgan fingerprint density at radius 1 is 1.09 bits per heavy atom. The van der Waals surface area contributed by atoms with Gasteiger partial charge in [0.05, 0.1) is 17.6 Å². The van der Waals surface area contributed by atoms with Gasteiger partial charge in [0.2, 0.25) is 0 Å². The minimum Gasteiger partial charge on any atom is -0.424 e. The largest absolute Gasteiger partial charge is 0.424 e. The minimum absolute atomic E-state index is 0.518. The molecular formula is C17H16N4O. The molecule has 0 aliphatic carbocycles. The molecule has 2 aromatic heterocycles. The number of anilines is 1. The quantitative estimate of drug-likeness (QED) is 0.626. The van der Waals surface area contributed by atoms with Crippen LogP contribution in [0.25, 0.3) is 22.1 Å². The number of para-hydroxylation sites is 2. The number of hydrogen-bond acceptors (Lipinski definition) is 4. The highest BCUT2D eigenvalue weighted by atomic mass is 16.4.